The van der Waals surface area contributed by atoms with Crippen LogP contribution in [-0.4, -0.2) is 40.6 Å². The maximum Gasteiger partial charge on any atom is 0.227 e. The SMILES string of the molecule is CCCN(CCO)C(=O)Cc1c(C)[nH]c2ccc(F)cc12. The van der Waals surface area contributed by atoms with Crippen molar-refractivity contribution < 1.29 is 14.3 Å². The van der Waals surface area contributed by atoms with E-state index in [0.717, 1.165) is 28.6 Å². The minimum absolute atomic E-state index is 0.0424. The van der Waals surface area contributed by atoms with Crippen LogP contribution in [0.4, 0.5) is 4.39 Å². The van der Waals surface area contributed by atoms with E-state index in [0.29, 0.717) is 13.1 Å². The van der Waals surface area contributed by atoms with Crippen LogP contribution in [0, 0.1) is 12.7 Å². The molecule has 1 aromatic carbocycles. The molecule has 2 aromatic rings. The minimum atomic E-state index is -0.309. The van der Waals surface area contributed by atoms with Gasteiger partial charge in [-0.15, -0.1) is 0 Å². The number of aliphatic hydroxyl groups is 1. The van der Waals surface area contributed by atoms with Crippen molar-refractivity contribution in [3.05, 3.63) is 35.3 Å². The number of benzene rings is 1. The second kappa shape index (κ2) is 6.72. The summed E-state index contributed by atoms with van der Waals surface area (Å²) >= 11 is 0. The number of halogens is 1. The largest absolute Gasteiger partial charge is 0.395 e. The first-order valence-electron chi connectivity index (χ1n) is 7.22. The van der Waals surface area contributed by atoms with Crippen LogP contribution in [0.1, 0.15) is 24.6 Å². The number of amides is 1. The maximum atomic E-state index is 13.4. The number of nitrogens with zero attached hydrogens (tertiary/aromatic N) is 1. The smallest absolute Gasteiger partial charge is 0.227 e. The summed E-state index contributed by atoms with van der Waals surface area (Å²) in [4.78, 5) is 17.2. The Balaban J connectivity index is 2.27. The standard InChI is InChI=1S/C16H21FN2O2/c1-3-6-19(7-8-20)16(21)10-13-11(2)18-15-5-4-12(17)9-14(13)15/h4-5,9,18,20H,3,6-8,10H2,1-2H3. The Morgan fingerprint density at radius 3 is 2.81 bits per heavy atom. The lowest BCUT2D eigenvalue weighted by Crippen LogP contribution is -2.35. The molecule has 1 amide bonds. The Kier molecular flexibility index (Phi) is 4.96. The molecular formula is C16H21FN2O2. The highest BCUT2D eigenvalue weighted by Gasteiger charge is 2.17. The highest BCUT2D eigenvalue weighted by Crippen LogP contribution is 2.24. The van der Waals surface area contributed by atoms with Gasteiger partial charge in [-0.3, -0.25) is 4.79 Å². The number of rotatable bonds is 6. The van der Waals surface area contributed by atoms with E-state index in [4.69, 9.17) is 5.11 Å². The lowest BCUT2D eigenvalue weighted by Gasteiger charge is -2.21. The molecule has 2 rings (SSSR count). The molecule has 0 aliphatic carbocycles. The molecule has 2 N–H and O–H groups in total. The number of nitrogens with one attached hydrogen (secondary N) is 1. The summed E-state index contributed by atoms with van der Waals surface area (Å²) in [7, 11) is 0. The Bertz CT molecular complexity index is 630. The molecule has 4 nitrogen and oxygen atoms in total. The highest BCUT2D eigenvalue weighted by atomic mass is 19.1. The third-order valence-electron chi connectivity index (χ3n) is 3.63. The molecule has 0 aliphatic heterocycles. The second-order valence-corrected chi connectivity index (χ2v) is 5.20. The van der Waals surface area contributed by atoms with E-state index in [1.54, 1.807) is 11.0 Å². The lowest BCUT2D eigenvalue weighted by molar-refractivity contribution is -0.131. The number of hydrogen-bond donors (Lipinski definition) is 2. The molecule has 1 heterocycles. The van der Waals surface area contributed by atoms with E-state index < -0.39 is 0 Å². The Labute approximate surface area is 123 Å². The van der Waals surface area contributed by atoms with Gasteiger partial charge in [-0.05, 0) is 37.1 Å². The van der Waals surface area contributed by atoms with Gasteiger partial charge >= 0.3 is 0 Å². The molecule has 0 saturated carbocycles. The Hall–Kier alpha value is -1.88. The van der Waals surface area contributed by atoms with Gasteiger partial charge in [-0.1, -0.05) is 6.92 Å². The first-order chi connectivity index (χ1) is 10.1. The zero-order valence-corrected chi connectivity index (χ0v) is 12.4. The topological polar surface area (TPSA) is 56.3 Å². The first kappa shape index (κ1) is 15.5. The van der Waals surface area contributed by atoms with Gasteiger partial charge in [0.05, 0.1) is 13.0 Å². The van der Waals surface area contributed by atoms with Gasteiger partial charge in [0.1, 0.15) is 5.82 Å². The molecule has 5 heteroatoms. The van der Waals surface area contributed by atoms with E-state index in [2.05, 4.69) is 4.98 Å². The van der Waals surface area contributed by atoms with Crippen LogP contribution in [0.5, 0.6) is 0 Å². The predicted molar refractivity (Wildman–Crippen MR) is 80.7 cm³/mol. The zero-order chi connectivity index (χ0) is 15.4. The molecule has 0 saturated heterocycles. The molecule has 21 heavy (non-hydrogen) atoms. The summed E-state index contributed by atoms with van der Waals surface area (Å²) in [5.41, 5.74) is 2.54. The summed E-state index contributed by atoms with van der Waals surface area (Å²) in [5, 5.41) is 9.80. The molecular weight excluding hydrogens is 271 g/mol. The van der Waals surface area contributed by atoms with Gasteiger partial charge in [0.25, 0.3) is 0 Å². The van der Waals surface area contributed by atoms with Crippen LogP contribution in [0.3, 0.4) is 0 Å². The fourth-order valence-corrected chi connectivity index (χ4v) is 2.60. The van der Waals surface area contributed by atoms with E-state index in [1.807, 2.05) is 13.8 Å². The molecule has 0 bridgehead atoms. The van der Waals surface area contributed by atoms with Crippen LogP contribution in [-0.2, 0) is 11.2 Å². The summed E-state index contributed by atoms with van der Waals surface area (Å²) in [6.07, 6.45) is 1.06. The van der Waals surface area contributed by atoms with Crippen molar-refractivity contribution in [2.75, 3.05) is 19.7 Å². The zero-order valence-electron chi connectivity index (χ0n) is 12.4. The third-order valence-corrected chi connectivity index (χ3v) is 3.63. The molecule has 0 fully saturated rings. The lowest BCUT2D eigenvalue weighted by atomic mass is 10.1. The fourth-order valence-electron chi connectivity index (χ4n) is 2.60. The van der Waals surface area contributed by atoms with Crippen LogP contribution in [0.2, 0.25) is 0 Å². The fraction of sp³-hybridized carbons (Fsp3) is 0.438. The number of aryl methyl sites for hydroxylation is 1. The van der Waals surface area contributed by atoms with Crippen molar-refractivity contribution in [2.45, 2.75) is 26.7 Å². The summed E-state index contributed by atoms with van der Waals surface area (Å²) in [6.45, 7) is 4.78. The molecule has 0 spiro atoms. The van der Waals surface area contributed by atoms with Gasteiger partial charge in [-0.25, -0.2) is 4.39 Å². The molecule has 0 atom stereocenters. The van der Waals surface area contributed by atoms with Gasteiger partial charge in [0, 0.05) is 29.7 Å². The number of hydrogen-bond acceptors (Lipinski definition) is 2. The molecule has 0 aliphatic rings. The number of aromatic nitrogens is 1. The number of H-pyrrole nitrogens is 1. The van der Waals surface area contributed by atoms with Crippen molar-refractivity contribution in [3.63, 3.8) is 0 Å². The van der Waals surface area contributed by atoms with Gasteiger partial charge in [-0.2, -0.15) is 0 Å². The number of carbonyl (C=O) groups is 1. The Morgan fingerprint density at radius 2 is 2.14 bits per heavy atom. The van der Waals surface area contributed by atoms with Gasteiger partial charge in [0.2, 0.25) is 5.91 Å². The second-order valence-electron chi connectivity index (χ2n) is 5.20. The van der Waals surface area contributed by atoms with Crippen LogP contribution < -0.4 is 0 Å². The summed E-state index contributed by atoms with van der Waals surface area (Å²) < 4.78 is 13.4. The molecule has 0 radical (unpaired) electrons. The number of carbonyl (C=O) groups excluding carboxylic acids is 1. The van der Waals surface area contributed by atoms with Gasteiger partial charge < -0.3 is 15.0 Å². The monoisotopic (exact) mass is 292 g/mol. The number of aromatic amines is 1. The van der Waals surface area contributed by atoms with E-state index in [9.17, 15) is 9.18 Å². The summed E-state index contributed by atoms with van der Waals surface area (Å²) in [5.74, 6) is -0.352. The average molecular weight is 292 g/mol. The minimum Gasteiger partial charge on any atom is -0.395 e. The van der Waals surface area contributed by atoms with Crippen molar-refractivity contribution in [1.82, 2.24) is 9.88 Å². The summed E-state index contributed by atoms with van der Waals surface area (Å²) in [6, 6.07) is 4.54. The van der Waals surface area contributed by atoms with Crippen LogP contribution >= 0.6 is 0 Å². The van der Waals surface area contributed by atoms with E-state index in [-0.39, 0.29) is 24.8 Å². The molecule has 1 aromatic heterocycles. The van der Waals surface area contributed by atoms with Crippen molar-refractivity contribution in [1.29, 1.82) is 0 Å². The average Bonchev–Trinajstić information content (AvgIpc) is 2.75. The van der Waals surface area contributed by atoms with Crippen molar-refractivity contribution >= 4 is 16.8 Å². The Morgan fingerprint density at radius 1 is 1.38 bits per heavy atom. The highest BCUT2D eigenvalue weighted by molar-refractivity contribution is 5.90. The quantitative estimate of drug-likeness (QED) is 0.859. The van der Waals surface area contributed by atoms with Gasteiger partial charge in [0.15, 0.2) is 0 Å². The van der Waals surface area contributed by atoms with E-state index >= 15 is 0 Å². The predicted octanol–water partition coefficient (Wildman–Crippen LogP) is 2.39. The third kappa shape index (κ3) is 3.42. The number of fused-ring (bicyclic) bond motifs is 1. The van der Waals surface area contributed by atoms with E-state index in [1.165, 1.54) is 12.1 Å². The molecule has 0 unspecified atom stereocenters. The maximum absolute atomic E-state index is 13.4. The molecule has 114 valence electrons. The van der Waals surface area contributed by atoms with Crippen molar-refractivity contribution in [3.8, 4) is 0 Å². The first-order valence-corrected chi connectivity index (χ1v) is 7.22. The normalized spacial score (nSPS) is 11.0. The van der Waals surface area contributed by atoms with Crippen LogP contribution in [0.15, 0.2) is 18.2 Å². The van der Waals surface area contributed by atoms with Crippen LogP contribution in [0.25, 0.3) is 10.9 Å². The van der Waals surface area contributed by atoms with Crippen molar-refractivity contribution in [2.24, 2.45) is 0 Å². The number of aliphatic hydroxyl groups excluding tert-OH is 1.